The molecule has 25 heavy (non-hydrogen) atoms. The van der Waals surface area contributed by atoms with Crippen LogP contribution in [0, 0.1) is 0 Å². The molecule has 4 nitrogen and oxygen atoms in total. The van der Waals surface area contributed by atoms with Crippen LogP contribution in [-0.4, -0.2) is 22.6 Å². The molecule has 0 spiro atoms. The van der Waals surface area contributed by atoms with E-state index < -0.39 is 0 Å². The Balaban J connectivity index is 1.53. The molecule has 0 unspecified atom stereocenters. The summed E-state index contributed by atoms with van der Waals surface area (Å²) < 4.78 is 1.21. The van der Waals surface area contributed by atoms with Crippen LogP contribution in [0.25, 0.3) is 20.4 Å². The maximum absolute atomic E-state index is 4.59. The molecular formula is C19H18N4S2. The average molecular weight is 367 g/mol. The summed E-state index contributed by atoms with van der Waals surface area (Å²) in [5.41, 5.74) is 5.11. The maximum Gasteiger partial charge on any atom is 0.125 e. The molecule has 4 heterocycles. The topological polar surface area (TPSA) is 49.8 Å². The zero-order chi connectivity index (χ0) is 16.8. The number of rotatable bonds is 3. The van der Waals surface area contributed by atoms with Crippen LogP contribution in [0.1, 0.15) is 24.1 Å². The van der Waals surface area contributed by atoms with Gasteiger partial charge in [-0.3, -0.25) is 0 Å². The number of hydrogen-bond donors (Lipinski definition) is 2. The van der Waals surface area contributed by atoms with E-state index in [1.807, 2.05) is 23.0 Å². The van der Waals surface area contributed by atoms with Crippen LogP contribution in [0.15, 0.2) is 42.0 Å². The fraction of sp³-hybridized carbons (Fsp3) is 0.263. The van der Waals surface area contributed by atoms with Crippen LogP contribution in [0.3, 0.4) is 0 Å². The number of pyridine rings is 1. The van der Waals surface area contributed by atoms with E-state index in [0.717, 1.165) is 28.3 Å². The predicted octanol–water partition coefficient (Wildman–Crippen LogP) is 5.12. The van der Waals surface area contributed by atoms with Gasteiger partial charge in [0.15, 0.2) is 0 Å². The Morgan fingerprint density at radius 2 is 2.16 bits per heavy atom. The Hall–Kier alpha value is -2.02. The van der Waals surface area contributed by atoms with Crippen LogP contribution in [0.5, 0.6) is 0 Å². The van der Waals surface area contributed by atoms with E-state index in [0.29, 0.717) is 12.0 Å². The second-order valence-electron chi connectivity index (χ2n) is 6.52. The van der Waals surface area contributed by atoms with Gasteiger partial charge in [-0.2, -0.15) is 0 Å². The fourth-order valence-corrected chi connectivity index (χ4v) is 5.51. The number of fused-ring (bicyclic) bond motifs is 2. The lowest BCUT2D eigenvalue weighted by Gasteiger charge is -2.12. The van der Waals surface area contributed by atoms with Gasteiger partial charge in [0, 0.05) is 34.1 Å². The standard InChI is InChI=1S/C19H18N4S2/c1-11-13(4-6-20-11)18-9-14-15(5-7-21-19(14)25-18)23-12-2-3-17-16(8-12)22-10-24-17/h2-3,5,7-11,13,20H,4,6H2,1H3,(H,21,23)/t11-,13-/m1/s1. The lowest BCUT2D eigenvalue weighted by atomic mass is 10.00. The minimum absolute atomic E-state index is 0.538. The highest BCUT2D eigenvalue weighted by Gasteiger charge is 2.26. The van der Waals surface area contributed by atoms with Gasteiger partial charge in [-0.15, -0.1) is 22.7 Å². The van der Waals surface area contributed by atoms with Crippen LogP contribution in [0.2, 0.25) is 0 Å². The monoisotopic (exact) mass is 366 g/mol. The molecule has 0 amide bonds. The average Bonchev–Trinajstić information content (AvgIpc) is 3.32. The molecule has 1 fully saturated rings. The highest BCUT2D eigenvalue weighted by molar-refractivity contribution is 7.18. The number of nitrogens with one attached hydrogen (secondary N) is 2. The fourth-order valence-electron chi connectivity index (χ4n) is 3.59. The molecule has 0 aliphatic carbocycles. The van der Waals surface area contributed by atoms with Crippen molar-refractivity contribution in [3.8, 4) is 0 Å². The molecule has 6 heteroatoms. The molecular weight excluding hydrogens is 348 g/mol. The molecule has 126 valence electrons. The molecule has 2 N–H and O–H groups in total. The van der Waals surface area contributed by atoms with Crippen LogP contribution in [0.4, 0.5) is 11.4 Å². The van der Waals surface area contributed by atoms with E-state index in [-0.39, 0.29) is 0 Å². The molecule has 3 aromatic heterocycles. The highest BCUT2D eigenvalue weighted by atomic mass is 32.1. The molecule has 1 saturated heterocycles. The summed E-state index contributed by atoms with van der Waals surface area (Å²) in [4.78, 5) is 11.5. The molecule has 0 bridgehead atoms. The third-order valence-corrected chi connectivity index (χ3v) is 6.94. The molecule has 1 aliphatic heterocycles. The van der Waals surface area contributed by atoms with Gasteiger partial charge in [-0.25, -0.2) is 9.97 Å². The minimum Gasteiger partial charge on any atom is -0.355 e. The molecule has 2 atom stereocenters. The van der Waals surface area contributed by atoms with Gasteiger partial charge in [0.05, 0.1) is 21.4 Å². The number of hydrogen-bond acceptors (Lipinski definition) is 6. The van der Waals surface area contributed by atoms with Crippen LogP contribution >= 0.6 is 22.7 Å². The van der Waals surface area contributed by atoms with Crippen molar-refractivity contribution in [1.29, 1.82) is 0 Å². The predicted molar refractivity (Wildman–Crippen MR) is 107 cm³/mol. The van der Waals surface area contributed by atoms with Crippen molar-refractivity contribution >= 4 is 54.5 Å². The molecule has 5 rings (SSSR count). The van der Waals surface area contributed by atoms with E-state index in [1.165, 1.54) is 21.4 Å². The van der Waals surface area contributed by atoms with E-state index in [1.54, 1.807) is 11.3 Å². The summed E-state index contributed by atoms with van der Waals surface area (Å²) >= 11 is 3.49. The van der Waals surface area contributed by atoms with Gasteiger partial charge >= 0.3 is 0 Å². The van der Waals surface area contributed by atoms with Crippen molar-refractivity contribution in [2.75, 3.05) is 11.9 Å². The van der Waals surface area contributed by atoms with Gasteiger partial charge in [0.1, 0.15) is 4.83 Å². The van der Waals surface area contributed by atoms with E-state index in [2.05, 4.69) is 57.9 Å². The van der Waals surface area contributed by atoms with Crippen LogP contribution in [-0.2, 0) is 0 Å². The summed E-state index contributed by atoms with van der Waals surface area (Å²) in [6, 6.07) is 11.3. The summed E-state index contributed by atoms with van der Waals surface area (Å²) in [5, 5.41) is 8.31. The van der Waals surface area contributed by atoms with Crippen molar-refractivity contribution in [2.45, 2.75) is 25.3 Å². The van der Waals surface area contributed by atoms with Crippen molar-refractivity contribution in [2.24, 2.45) is 0 Å². The van der Waals surface area contributed by atoms with Gasteiger partial charge in [0.2, 0.25) is 0 Å². The first-order chi connectivity index (χ1) is 12.3. The molecule has 1 aliphatic rings. The third-order valence-electron chi connectivity index (χ3n) is 4.95. The molecule has 1 aromatic carbocycles. The molecule has 4 aromatic rings. The van der Waals surface area contributed by atoms with Gasteiger partial charge < -0.3 is 10.6 Å². The summed E-state index contributed by atoms with van der Waals surface area (Å²) in [6.07, 6.45) is 3.10. The van der Waals surface area contributed by atoms with Crippen molar-refractivity contribution in [1.82, 2.24) is 15.3 Å². The highest BCUT2D eigenvalue weighted by Crippen LogP contribution is 2.38. The van der Waals surface area contributed by atoms with Gasteiger partial charge in [-0.1, -0.05) is 0 Å². The number of thiophene rings is 1. The Morgan fingerprint density at radius 1 is 1.20 bits per heavy atom. The first-order valence-electron chi connectivity index (χ1n) is 8.50. The normalized spacial score (nSPS) is 20.5. The number of benzene rings is 1. The Kier molecular flexibility index (Phi) is 3.69. The Labute approximate surface area is 153 Å². The first-order valence-corrected chi connectivity index (χ1v) is 10.2. The summed E-state index contributed by atoms with van der Waals surface area (Å²) in [7, 11) is 0. The minimum atomic E-state index is 0.538. The first kappa shape index (κ1) is 15.3. The smallest absolute Gasteiger partial charge is 0.125 e. The molecule has 0 radical (unpaired) electrons. The maximum atomic E-state index is 4.59. The number of anilines is 2. The number of thiazole rings is 1. The second-order valence-corrected chi connectivity index (χ2v) is 8.47. The zero-order valence-electron chi connectivity index (χ0n) is 13.8. The summed E-state index contributed by atoms with van der Waals surface area (Å²) in [6.45, 7) is 3.38. The number of nitrogens with zero attached hydrogens (tertiary/aromatic N) is 2. The zero-order valence-corrected chi connectivity index (χ0v) is 15.5. The van der Waals surface area contributed by atoms with E-state index in [9.17, 15) is 0 Å². The lowest BCUT2D eigenvalue weighted by molar-refractivity contribution is 0.602. The third kappa shape index (κ3) is 2.70. The largest absolute Gasteiger partial charge is 0.355 e. The van der Waals surface area contributed by atoms with Crippen molar-refractivity contribution in [3.05, 3.63) is 46.9 Å². The van der Waals surface area contributed by atoms with Crippen molar-refractivity contribution < 1.29 is 0 Å². The quantitative estimate of drug-likeness (QED) is 0.529. The number of aromatic nitrogens is 2. The SMILES string of the molecule is C[C@H]1NCC[C@H]1c1cc2c(Nc3ccc4scnc4c3)ccnc2s1. The molecule has 0 saturated carbocycles. The van der Waals surface area contributed by atoms with E-state index in [4.69, 9.17) is 0 Å². The second kappa shape index (κ2) is 6.05. The van der Waals surface area contributed by atoms with E-state index >= 15 is 0 Å². The lowest BCUT2D eigenvalue weighted by Crippen LogP contribution is -2.20. The Morgan fingerprint density at radius 3 is 3.04 bits per heavy atom. The van der Waals surface area contributed by atoms with Crippen LogP contribution < -0.4 is 10.6 Å². The van der Waals surface area contributed by atoms with Gasteiger partial charge in [-0.05, 0) is 50.2 Å². The summed E-state index contributed by atoms with van der Waals surface area (Å²) in [5.74, 6) is 0.596. The van der Waals surface area contributed by atoms with Crippen molar-refractivity contribution in [3.63, 3.8) is 0 Å². The Bertz CT molecular complexity index is 1050. The van der Waals surface area contributed by atoms with Gasteiger partial charge in [0.25, 0.3) is 0 Å².